The number of carboxylic acid groups (broad SMARTS) is 1. The van der Waals surface area contributed by atoms with Crippen molar-refractivity contribution in [2.24, 2.45) is 0 Å². The van der Waals surface area contributed by atoms with E-state index in [0.29, 0.717) is 23.6 Å². The number of carbonyl (C=O) groups is 2. The molecule has 1 heterocycles. The Hall–Kier alpha value is -2.61. The summed E-state index contributed by atoms with van der Waals surface area (Å²) >= 11 is 4.85. The highest BCUT2D eigenvalue weighted by Crippen LogP contribution is 2.29. The minimum absolute atomic E-state index is 0.246. The van der Waals surface area contributed by atoms with Gasteiger partial charge in [-0.1, -0.05) is 6.07 Å². The lowest BCUT2D eigenvalue weighted by atomic mass is 10.1. The summed E-state index contributed by atoms with van der Waals surface area (Å²) < 4.78 is 10.5. The van der Waals surface area contributed by atoms with E-state index in [0.717, 1.165) is 0 Å². The highest BCUT2D eigenvalue weighted by atomic mass is 32.1. The Labute approximate surface area is 131 Å². The van der Waals surface area contributed by atoms with E-state index in [2.05, 4.69) is 10.6 Å². The van der Waals surface area contributed by atoms with Gasteiger partial charge < -0.3 is 24.7 Å². The lowest BCUT2D eigenvalue weighted by Gasteiger charge is -2.13. The van der Waals surface area contributed by atoms with Crippen LogP contribution in [0.2, 0.25) is 0 Å². The number of nitrogens with one attached hydrogen (secondary N) is 2. The highest BCUT2D eigenvalue weighted by molar-refractivity contribution is 7.80. The molecule has 2 N–H and O–H groups in total. The maximum Gasteiger partial charge on any atom is 0.273 e. The molecule has 0 atom stereocenters. The monoisotopic (exact) mass is 321 g/mol. The summed E-state index contributed by atoms with van der Waals surface area (Å²) in [7, 11) is 0. The summed E-state index contributed by atoms with van der Waals surface area (Å²) in [5.41, 5.74) is 0.988. The first-order valence-corrected chi connectivity index (χ1v) is 6.84. The Morgan fingerprint density at radius 2 is 2.09 bits per heavy atom. The summed E-state index contributed by atoms with van der Waals surface area (Å²) in [6.45, 7) is 1.60. The third kappa shape index (κ3) is 3.95. The van der Waals surface area contributed by atoms with Crippen molar-refractivity contribution < 1.29 is 24.2 Å². The van der Waals surface area contributed by atoms with Crippen molar-refractivity contribution in [1.82, 2.24) is 10.6 Å². The zero-order valence-corrected chi connectivity index (χ0v) is 12.5. The van der Waals surface area contributed by atoms with Gasteiger partial charge in [0.25, 0.3) is 5.91 Å². The van der Waals surface area contributed by atoms with Gasteiger partial charge in [0.2, 0.25) is 0 Å². The predicted molar refractivity (Wildman–Crippen MR) is 80.0 cm³/mol. The van der Waals surface area contributed by atoms with E-state index in [1.165, 1.54) is 0 Å². The van der Waals surface area contributed by atoms with Crippen LogP contribution in [-0.2, 0) is 9.59 Å². The van der Waals surface area contributed by atoms with Gasteiger partial charge >= 0.3 is 0 Å². The van der Waals surface area contributed by atoms with Crippen molar-refractivity contribution in [2.45, 2.75) is 6.92 Å². The standard InChI is InChI=1S/C14H14N2O5S/c1-2-20-11-6-8(3-4-10(11)21-7-12(17)18)5-9-13(19)16-14(22)15-9/h3-6H,2,7H2,1H3,(H,17,18)(H2,15,16,19,22)/p-1/b9-5+. The van der Waals surface area contributed by atoms with E-state index >= 15 is 0 Å². The number of thiocarbonyl (C=S) groups is 1. The molecule has 1 fully saturated rings. The second-order valence-electron chi connectivity index (χ2n) is 4.27. The average Bonchev–Trinajstić information content (AvgIpc) is 2.76. The van der Waals surface area contributed by atoms with Crippen LogP contribution >= 0.6 is 12.2 Å². The molecule has 0 radical (unpaired) electrons. The van der Waals surface area contributed by atoms with Crippen molar-refractivity contribution >= 4 is 35.3 Å². The van der Waals surface area contributed by atoms with Gasteiger partial charge in [-0.05, 0) is 42.9 Å². The van der Waals surface area contributed by atoms with E-state index < -0.39 is 12.6 Å². The molecule has 1 aliphatic heterocycles. The molecule has 2 rings (SSSR count). The molecule has 0 saturated carbocycles. The van der Waals surface area contributed by atoms with Crippen molar-refractivity contribution in [3.63, 3.8) is 0 Å². The number of amides is 1. The topological polar surface area (TPSA) is 99.7 Å². The number of carboxylic acids is 1. The molecule has 0 aromatic heterocycles. The van der Waals surface area contributed by atoms with Crippen molar-refractivity contribution in [2.75, 3.05) is 13.2 Å². The van der Waals surface area contributed by atoms with Crippen molar-refractivity contribution in [3.05, 3.63) is 29.5 Å². The van der Waals surface area contributed by atoms with Crippen LogP contribution in [0.15, 0.2) is 23.9 Å². The van der Waals surface area contributed by atoms with Crippen LogP contribution in [0.4, 0.5) is 0 Å². The summed E-state index contributed by atoms with van der Waals surface area (Å²) in [6.07, 6.45) is 1.60. The molecule has 22 heavy (non-hydrogen) atoms. The van der Waals surface area contributed by atoms with Gasteiger partial charge in [-0.2, -0.15) is 0 Å². The minimum atomic E-state index is -1.33. The third-order valence-corrected chi connectivity index (χ3v) is 2.85. The maximum absolute atomic E-state index is 11.6. The maximum atomic E-state index is 11.6. The van der Waals surface area contributed by atoms with Crippen LogP contribution in [0.5, 0.6) is 11.5 Å². The molecule has 1 aromatic rings. The molecule has 0 aliphatic carbocycles. The Balaban J connectivity index is 2.25. The molecular weight excluding hydrogens is 308 g/mol. The second-order valence-corrected chi connectivity index (χ2v) is 4.67. The Kier molecular flexibility index (Phi) is 4.95. The fourth-order valence-electron chi connectivity index (χ4n) is 1.79. The summed E-state index contributed by atoms with van der Waals surface area (Å²) in [4.78, 5) is 22.0. The van der Waals surface area contributed by atoms with Crippen molar-refractivity contribution in [3.8, 4) is 11.5 Å². The summed E-state index contributed by atoms with van der Waals surface area (Å²) in [5.74, 6) is -0.985. The number of hydrogen-bond acceptors (Lipinski definition) is 6. The van der Waals surface area contributed by atoms with Crippen LogP contribution in [-0.4, -0.2) is 30.2 Å². The van der Waals surface area contributed by atoms with E-state index in [-0.39, 0.29) is 16.8 Å². The fraction of sp³-hybridized carbons (Fsp3) is 0.214. The molecule has 7 nitrogen and oxygen atoms in total. The van der Waals surface area contributed by atoms with Gasteiger partial charge in [-0.25, -0.2) is 0 Å². The average molecular weight is 321 g/mol. The predicted octanol–water partition coefficient (Wildman–Crippen LogP) is -0.441. The molecule has 8 heteroatoms. The second kappa shape index (κ2) is 6.90. The fourth-order valence-corrected chi connectivity index (χ4v) is 1.99. The molecule has 1 aliphatic rings. The summed E-state index contributed by atoms with van der Waals surface area (Å²) in [6, 6.07) is 4.86. The molecule has 0 unspecified atom stereocenters. The number of benzene rings is 1. The molecule has 0 spiro atoms. The molecule has 1 saturated heterocycles. The lowest BCUT2D eigenvalue weighted by molar-refractivity contribution is -0.307. The SMILES string of the molecule is CCOc1cc(/C=C2/NC(=S)NC2=O)ccc1OCC(=O)[O-]. The number of rotatable bonds is 6. The quantitative estimate of drug-likeness (QED) is 0.541. The number of hydrogen-bond donors (Lipinski definition) is 2. The van der Waals surface area contributed by atoms with E-state index in [9.17, 15) is 14.7 Å². The van der Waals surface area contributed by atoms with E-state index in [1.54, 1.807) is 31.2 Å². The van der Waals surface area contributed by atoms with Crippen LogP contribution in [0, 0.1) is 0 Å². The van der Waals surface area contributed by atoms with Gasteiger partial charge in [-0.3, -0.25) is 10.1 Å². The number of carbonyl (C=O) groups excluding carboxylic acids is 2. The van der Waals surface area contributed by atoms with E-state index in [1.807, 2.05) is 0 Å². The molecule has 1 aromatic carbocycles. The normalized spacial score (nSPS) is 15.4. The molecule has 116 valence electrons. The molecule has 0 bridgehead atoms. The number of ether oxygens (including phenoxy) is 2. The molecule has 1 amide bonds. The first kappa shape index (κ1) is 15.8. The van der Waals surface area contributed by atoms with Crippen LogP contribution < -0.4 is 25.2 Å². The molecular formula is C14H13N2O5S-. The first-order valence-electron chi connectivity index (χ1n) is 6.43. The largest absolute Gasteiger partial charge is 0.546 e. The Bertz CT molecular complexity index is 657. The van der Waals surface area contributed by atoms with Crippen molar-refractivity contribution in [1.29, 1.82) is 0 Å². The van der Waals surface area contributed by atoms with Crippen LogP contribution in [0.25, 0.3) is 6.08 Å². The zero-order valence-electron chi connectivity index (χ0n) is 11.7. The van der Waals surface area contributed by atoms with Gasteiger partial charge in [0.1, 0.15) is 12.3 Å². The Morgan fingerprint density at radius 1 is 1.32 bits per heavy atom. The first-order chi connectivity index (χ1) is 10.5. The smallest absolute Gasteiger partial charge is 0.273 e. The highest BCUT2D eigenvalue weighted by Gasteiger charge is 2.20. The summed E-state index contributed by atoms with van der Waals surface area (Å²) in [5, 5.41) is 15.9. The third-order valence-electron chi connectivity index (χ3n) is 2.64. The van der Waals surface area contributed by atoms with Crippen LogP contribution in [0.3, 0.4) is 0 Å². The van der Waals surface area contributed by atoms with Crippen LogP contribution in [0.1, 0.15) is 12.5 Å². The van der Waals surface area contributed by atoms with E-state index in [4.69, 9.17) is 21.7 Å². The Morgan fingerprint density at radius 3 is 2.68 bits per heavy atom. The lowest BCUT2D eigenvalue weighted by Crippen LogP contribution is -2.29. The van der Waals surface area contributed by atoms with Gasteiger partial charge in [-0.15, -0.1) is 0 Å². The minimum Gasteiger partial charge on any atom is -0.546 e. The van der Waals surface area contributed by atoms with Gasteiger partial charge in [0.15, 0.2) is 16.6 Å². The zero-order chi connectivity index (χ0) is 16.1. The number of aliphatic carboxylic acids is 1. The van der Waals surface area contributed by atoms with Gasteiger partial charge in [0.05, 0.1) is 12.6 Å². The van der Waals surface area contributed by atoms with Gasteiger partial charge in [0, 0.05) is 0 Å².